The molecule has 1 aliphatic heterocycles. The first kappa shape index (κ1) is 17.9. The molecule has 4 rings (SSSR count). The summed E-state index contributed by atoms with van der Waals surface area (Å²) in [6.07, 6.45) is 1.91. The summed E-state index contributed by atoms with van der Waals surface area (Å²) in [4.78, 5) is 25.4. The smallest absolute Gasteiger partial charge is 0.333 e. The summed E-state index contributed by atoms with van der Waals surface area (Å²) >= 11 is 0. The van der Waals surface area contributed by atoms with E-state index in [1.165, 1.54) is 11.6 Å². The molecule has 1 unspecified atom stereocenters. The van der Waals surface area contributed by atoms with Crippen molar-refractivity contribution in [1.82, 2.24) is 9.13 Å². The number of benzene rings is 2. The highest BCUT2D eigenvalue weighted by Gasteiger charge is 2.31. The van der Waals surface area contributed by atoms with Crippen LogP contribution in [0.25, 0.3) is 5.76 Å². The molecule has 0 aliphatic carbocycles. The first-order valence-electron chi connectivity index (χ1n) is 8.90. The maximum atomic E-state index is 13.0. The van der Waals surface area contributed by atoms with Crippen LogP contribution >= 0.6 is 0 Å². The Kier molecular flexibility index (Phi) is 4.39. The van der Waals surface area contributed by atoms with Gasteiger partial charge in [0.15, 0.2) is 0 Å². The molecular formula is C22H20N2O4. The number of aromatic nitrogens is 2. The van der Waals surface area contributed by atoms with Crippen molar-refractivity contribution in [3.8, 4) is 11.6 Å². The molecule has 1 aliphatic rings. The van der Waals surface area contributed by atoms with Crippen LogP contribution < -0.4 is 20.7 Å². The molecule has 1 aromatic heterocycles. The van der Waals surface area contributed by atoms with Crippen molar-refractivity contribution in [3.05, 3.63) is 98.2 Å². The van der Waals surface area contributed by atoms with Crippen molar-refractivity contribution in [1.29, 1.82) is 0 Å². The van der Waals surface area contributed by atoms with Gasteiger partial charge in [-0.2, -0.15) is 0 Å². The highest BCUT2D eigenvalue weighted by molar-refractivity contribution is 5.67. The lowest BCUT2D eigenvalue weighted by Gasteiger charge is -2.26. The van der Waals surface area contributed by atoms with Crippen molar-refractivity contribution in [2.75, 3.05) is 7.11 Å². The Morgan fingerprint density at radius 3 is 2.43 bits per heavy atom. The van der Waals surface area contributed by atoms with E-state index in [-0.39, 0.29) is 17.4 Å². The summed E-state index contributed by atoms with van der Waals surface area (Å²) in [7, 11) is 4.69. The quantitative estimate of drug-likeness (QED) is 0.705. The van der Waals surface area contributed by atoms with Gasteiger partial charge in [0.25, 0.3) is 5.56 Å². The number of ether oxygens (including phenoxy) is 2. The largest absolute Gasteiger partial charge is 0.497 e. The predicted octanol–water partition coefficient (Wildman–Crippen LogP) is 2.66. The first-order chi connectivity index (χ1) is 13.5. The van der Waals surface area contributed by atoms with E-state index < -0.39 is 5.69 Å². The highest BCUT2D eigenvalue weighted by Crippen LogP contribution is 2.39. The van der Waals surface area contributed by atoms with Crippen LogP contribution in [0.2, 0.25) is 0 Å². The molecule has 28 heavy (non-hydrogen) atoms. The van der Waals surface area contributed by atoms with Gasteiger partial charge in [0, 0.05) is 25.6 Å². The molecule has 0 fully saturated rings. The third kappa shape index (κ3) is 2.83. The number of nitrogens with zero attached hydrogens (tertiary/aromatic N) is 2. The van der Waals surface area contributed by atoms with E-state index in [1.54, 1.807) is 14.2 Å². The maximum Gasteiger partial charge on any atom is 0.333 e. The molecule has 0 amide bonds. The molecule has 142 valence electrons. The molecule has 1 atom stereocenters. The molecule has 6 nitrogen and oxygen atoms in total. The molecule has 0 N–H and O–H groups in total. The van der Waals surface area contributed by atoms with Crippen LogP contribution in [0, 0.1) is 0 Å². The van der Waals surface area contributed by atoms with Gasteiger partial charge in [0.2, 0.25) is 5.88 Å². The lowest BCUT2D eigenvalue weighted by molar-refractivity contribution is 0.413. The normalized spacial score (nSPS) is 15.4. The lowest BCUT2D eigenvalue weighted by Crippen LogP contribution is -2.41. The number of fused-ring (bicyclic) bond motifs is 1. The Morgan fingerprint density at radius 1 is 0.964 bits per heavy atom. The van der Waals surface area contributed by atoms with Crippen LogP contribution in [0.3, 0.4) is 0 Å². The van der Waals surface area contributed by atoms with Crippen molar-refractivity contribution < 1.29 is 9.47 Å². The first-order valence-corrected chi connectivity index (χ1v) is 8.90. The van der Waals surface area contributed by atoms with Crippen LogP contribution in [0.1, 0.15) is 22.6 Å². The fourth-order valence-electron chi connectivity index (χ4n) is 3.47. The minimum absolute atomic E-state index is 0.266. The molecule has 0 radical (unpaired) electrons. The molecule has 2 aromatic carbocycles. The molecule has 6 heteroatoms. The molecule has 0 bridgehead atoms. The van der Waals surface area contributed by atoms with Gasteiger partial charge in [-0.05, 0) is 23.8 Å². The van der Waals surface area contributed by atoms with Gasteiger partial charge in [-0.3, -0.25) is 13.9 Å². The van der Waals surface area contributed by atoms with E-state index in [1.807, 2.05) is 60.7 Å². The van der Waals surface area contributed by atoms with Crippen molar-refractivity contribution >= 4 is 5.76 Å². The molecule has 3 aromatic rings. The summed E-state index contributed by atoms with van der Waals surface area (Å²) in [6.45, 7) is 0. The molecule has 0 saturated heterocycles. The van der Waals surface area contributed by atoms with E-state index in [0.717, 1.165) is 15.7 Å². The minimum Gasteiger partial charge on any atom is -0.497 e. The van der Waals surface area contributed by atoms with Gasteiger partial charge in [-0.15, -0.1) is 0 Å². The lowest BCUT2D eigenvalue weighted by atomic mass is 9.89. The van der Waals surface area contributed by atoms with Crippen LogP contribution in [-0.2, 0) is 14.1 Å². The number of hydrogen-bond donors (Lipinski definition) is 0. The van der Waals surface area contributed by atoms with Gasteiger partial charge in [0.05, 0.1) is 12.7 Å². The third-order valence-electron chi connectivity index (χ3n) is 4.99. The van der Waals surface area contributed by atoms with E-state index in [0.29, 0.717) is 17.1 Å². The molecular weight excluding hydrogens is 356 g/mol. The highest BCUT2D eigenvalue weighted by atomic mass is 16.5. The van der Waals surface area contributed by atoms with Gasteiger partial charge in [-0.25, -0.2) is 4.79 Å². The Morgan fingerprint density at radius 2 is 1.71 bits per heavy atom. The zero-order valence-electron chi connectivity index (χ0n) is 15.9. The SMILES string of the molecule is COc1cccc(C2C=C(c3ccccc3)Oc3c2c(=O)n(C)c(=O)n3C)c1. The van der Waals surface area contributed by atoms with Crippen LogP contribution in [0.15, 0.2) is 70.3 Å². The summed E-state index contributed by atoms with van der Waals surface area (Å²) in [6, 6.07) is 17.2. The summed E-state index contributed by atoms with van der Waals surface area (Å²) in [5.74, 6) is 1.19. The van der Waals surface area contributed by atoms with E-state index in [9.17, 15) is 9.59 Å². The standard InChI is InChI=1S/C22H20N2O4/c1-23-20(25)19-17(15-10-7-11-16(12-15)27-3)13-18(14-8-5-4-6-9-14)28-21(19)24(2)22(23)26/h4-13,17H,1-3H3. The monoisotopic (exact) mass is 376 g/mol. The fraction of sp³-hybridized carbons (Fsp3) is 0.182. The zero-order valence-corrected chi connectivity index (χ0v) is 15.9. The Labute approximate surface area is 161 Å². The van der Waals surface area contributed by atoms with Gasteiger partial charge < -0.3 is 9.47 Å². The van der Waals surface area contributed by atoms with Crippen LogP contribution in [0.4, 0.5) is 0 Å². The number of hydrogen-bond acceptors (Lipinski definition) is 4. The molecule has 0 spiro atoms. The van der Waals surface area contributed by atoms with Crippen molar-refractivity contribution in [2.24, 2.45) is 14.1 Å². The second kappa shape index (κ2) is 6.88. The summed E-state index contributed by atoms with van der Waals surface area (Å²) in [5.41, 5.74) is 1.39. The molecule has 0 saturated carbocycles. The topological polar surface area (TPSA) is 62.5 Å². The van der Waals surface area contributed by atoms with E-state index >= 15 is 0 Å². The average molecular weight is 376 g/mol. The Balaban J connectivity index is 2.00. The Hall–Kier alpha value is -3.54. The van der Waals surface area contributed by atoms with E-state index in [2.05, 4.69) is 0 Å². The number of rotatable bonds is 3. The minimum atomic E-state index is -0.428. The maximum absolute atomic E-state index is 13.0. The second-order valence-electron chi connectivity index (χ2n) is 6.68. The second-order valence-corrected chi connectivity index (χ2v) is 6.68. The van der Waals surface area contributed by atoms with E-state index in [4.69, 9.17) is 9.47 Å². The Bertz CT molecular complexity index is 1190. The third-order valence-corrected chi connectivity index (χ3v) is 4.99. The van der Waals surface area contributed by atoms with Gasteiger partial charge >= 0.3 is 5.69 Å². The average Bonchev–Trinajstić information content (AvgIpc) is 2.76. The summed E-state index contributed by atoms with van der Waals surface area (Å²) < 4.78 is 13.9. The number of allylic oxidation sites excluding steroid dienone is 1. The summed E-state index contributed by atoms with van der Waals surface area (Å²) in [5, 5.41) is 0. The zero-order chi connectivity index (χ0) is 19.8. The molecule has 2 heterocycles. The van der Waals surface area contributed by atoms with Gasteiger partial charge in [0.1, 0.15) is 11.5 Å². The van der Waals surface area contributed by atoms with Crippen molar-refractivity contribution in [3.63, 3.8) is 0 Å². The van der Waals surface area contributed by atoms with Crippen LogP contribution in [0.5, 0.6) is 11.6 Å². The van der Waals surface area contributed by atoms with Crippen molar-refractivity contribution in [2.45, 2.75) is 5.92 Å². The van der Waals surface area contributed by atoms with Gasteiger partial charge in [-0.1, -0.05) is 42.5 Å². The number of methoxy groups -OCH3 is 1. The fourth-order valence-corrected chi connectivity index (χ4v) is 3.47. The van der Waals surface area contributed by atoms with Crippen LogP contribution in [-0.4, -0.2) is 16.2 Å². The predicted molar refractivity (Wildman–Crippen MR) is 107 cm³/mol.